The van der Waals surface area contributed by atoms with E-state index >= 15 is 0 Å². The van der Waals surface area contributed by atoms with E-state index in [2.05, 4.69) is 5.32 Å². The molecule has 0 spiro atoms. The van der Waals surface area contributed by atoms with Crippen LogP contribution in [0, 0.1) is 13.8 Å². The number of anilines is 1. The summed E-state index contributed by atoms with van der Waals surface area (Å²) in [5.41, 5.74) is 3.74. The lowest BCUT2D eigenvalue weighted by atomic mass is 10.0. The molecule has 1 atom stereocenters. The van der Waals surface area contributed by atoms with E-state index in [1.54, 1.807) is 0 Å². The summed E-state index contributed by atoms with van der Waals surface area (Å²) in [4.78, 5) is 11.4. The van der Waals surface area contributed by atoms with Crippen molar-refractivity contribution in [1.82, 2.24) is 0 Å². The number of aryl methyl sites for hydroxylation is 2. The molecule has 0 aliphatic rings. The number of carboxylic acids is 1. The molecule has 2 N–H and O–H groups in total. The van der Waals surface area contributed by atoms with Gasteiger partial charge in [0, 0.05) is 5.69 Å². The SMILES string of the molecule is Cc1ccc([C@@H](Nc2ccccc2C)C(=O)O)cc1. The van der Waals surface area contributed by atoms with E-state index in [0.717, 1.165) is 22.4 Å². The van der Waals surface area contributed by atoms with Gasteiger partial charge in [-0.3, -0.25) is 0 Å². The Balaban J connectivity index is 2.29. The molecule has 2 aromatic carbocycles. The zero-order valence-corrected chi connectivity index (χ0v) is 11.1. The normalized spacial score (nSPS) is 11.9. The first-order chi connectivity index (χ1) is 9.08. The highest BCUT2D eigenvalue weighted by atomic mass is 16.4. The fraction of sp³-hybridized carbons (Fsp3) is 0.188. The maximum absolute atomic E-state index is 11.4. The molecule has 0 aromatic heterocycles. The van der Waals surface area contributed by atoms with E-state index in [1.165, 1.54) is 0 Å². The van der Waals surface area contributed by atoms with Crippen LogP contribution >= 0.6 is 0 Å². The molecule has 98 valence electrons. The monoisotopic (exact) mass is 255 g/mol. The van der Waals surface area contributed by atoms with Gasteiger partial charge in [-0.1, -0.05) is 48.0 Å². The van der Waals surface area contributed by atoms with Crippen molar-refractivity contribution in [2.24, 2.45) is 0 Å². The van der Waals surface area contributed by atoms with Gasteiger partial charge in [0.1, 0.15) is 0 Å². The van der Waals surface area contributed by atoms with Crippen molar-refractivity contribution in [3.63, 3.8) is 0 Å². The highest BCUT2D eigenvalue weighted by Crippen LogP contribution is 2.22. The van der Waals surface area contributed by atoms with Crippen molar-refractivity contribution in [1.29, 1.82) is 0 Å². The molecule has 2 rings (SSSR count). The van der Waals surface area contributed by atoms with Gasteiger partial charge < -0.3 is 10.4 Å². The minimum atomic E-state index is -0.882. The van der Waals surface area contributed by atoms with Gasteiger partial charge in [0.15, 0.2) is 6.04 Å². The number of nitrogens with one attached hydrogen (secondary N) is 1. The Hall–Kier alpha value is -2.29. The topological polar surface area (TPSA) is 49.3 Å². The molecule has 0 saturated heterocycles. The first-order valence-corrected chi connectivity index (χ1v) is 6.19. The quantitative estimate of drug-likeness (QED) is 0.878. The molecule has 0 heterocycles. The molecule has 0 bridgehead atoms. The number of carbonyl (C=O) groups is 1. The van der Waals surface area contributed by atoms with Crippen LogP contribution in [0.15, 0.2) is 48.5 Å². The molecular weight excluding hydrogens is 238 g/mol. The summed E-state index contributed by atoms with van der Waals surface area (Å²) in [6.45, 7) is 3.94. The van der Waals surface area contributed by atoms with Gasteiger partial charge in [-0.25, -0.2) is 4.79 Å². The van der Waals surface area contributed by atoms with Crippen molar-refractivity contribution >= 4 is 11.7 Å². The lowest BCUT2D eigenvalue weighted by molar-refractivity contribution is -0.138. The average molecular weight is 255 g/mol. The van der Waals surface area contributed by atoms with Gasteiger partial charge in [-0.05, 0) is 31.0 Å². The summed E-state index contributed by atoms with van der Waals surface area (Å²) >= 11 is 0. The van der Waals surface area contributed by atoms with Crippen LogP contribution in [-0.2, 0) is 4.79 Å². The van der Waals surface area contributed by atoms with Crippen LogP contribution in [0.3, 0.4) is 0 Å². The molecule has 3 nitrogen and oxygen atoms in total. The minimum Gasteiger partial charge on any atom is -0.479 e. The zero-order valence-electron chi connectivity index (χ0n) is 11.1. The average Bonchev–Trinajstić information content (AvgIpc) is 2.39. The van der Waals surface area contributed by atoms with Gasteiger partial charge in [0.05, 0.1) is 0 Å². The lowest BCUT2D eigenvalue weighted by Crippen LogP contribution is -2.20. The number of rotatable bonds is 4. The van der Waals surface area contributed by atoms with Crippen LogP contribution in [0.5, 0.6) is 0 Å². The molecule has 0 saturated carbocycles. The molecule has 2 aromatic rings. The Labute approximate surface area is 112 Å². The van der Waals surface area contributed by atoms with E-state index in [1.807, 2.05) is 62.4 Å². The van der Waals surface area contributed by atoms with Crippen LogP contribution in [0.2, 0.25) is 0 Å². The maximum Gasteiger partial charge on any atom is 0.330 e. The Kier molecular flexibility index (Phi) is 3.85. The van der Waals surface area contributed by atoms with Crippen molar-refractivity contribution in [2.75, 3.05) is 5.32 Å². The summed E-state index contributed by atoms with van der Waals surface area (Å²) in [5.74, 6) is -0.882. The second-order valence-electron chi connectivity index (χ2n) is 4.64. The van der Waals surface area contributed by atoms with E-state index in [-0.39, 0.29) is 0 Å². The Bertz CT molecular complexity index is 576. The van der Waals surface area contributed by atoms with Crippen LogP contribution in [0.25, 0.3) is 0 Å². The summed E-state index contributed by atoms with van der Waals surface area (Å²) in [6, 6.07) is 14.5. The highest BCUT2D eigenvalue weighted by Gasteiger charge is 2.19. The van der Waals surface area contributed by atoms with Gasteiger partial charge in [0.2, 0.25) is 0 Å². The molecule has 0 amide bonds. The second-order valence-corrected chi connectivity index (χ2v) is 4.64. The summed E-state index contributed by atoms with van der Waals surface area (Å²) in [7, 11) is 0. The van der Waals surface area contributed by atoms with Gasteiger partial charge in [-0.2, -0.15) is 0 Å². The van der Waals surface area contributed by atoms with Crippen LogP contribution in [0.1, 0.15) is 22.7 Å². The summed E-state index contributed by atoms with van der Waals surface area (Å²) in [5, 5.41) is 12.5. The fourth-order valence-electron chi connectivity index (χ4n) is 1.94. The van der Waals surface area contributed by atoms with E-state index in [9.17, 15) is 9.90 Å². The van der Waals surface area contributed by atoms with Gasteiger partial charge in [-0.15, -0.1) is 0 Å². The van der Waals surface area contributed by atoms with Crippen molar-refractivity contribution in [2.45, 2.75) is 19.9 Å². The Morgan fingerprint density at radius 1 is 1.05 bits per heavy atom. The highest BCUT2D eigenvalue weighted by molar-refractivity contribution is 5.79. The van der Waals surface area contributed by atoms with Crippen LogP contribution in [0.4, 0.5) is 5.69 Å². The number of benzene rings is 2. The molecule has 0 aliphatic heterocycles. The molecule has 0 fully saturated rings. The Morgan fingerprint density at radius 2 is 1.68 bits per heavy atom. The smallest absolute Gasteiger partial charge is 0.330 e. The van der Waals surface area contributed by atoms with E-state index in [0.29, 0.717) is 0 Å². The van der Waals surface area contributed by atoms with Crippen molar-refractivity contribution in [3.8, 4) is 0 Å². The number of hydrogen-bond donors (Lipinski definition) is 2. The van der Waals surface area contributed by atoms with Crippen LogP contribution in [-0.4, -0.2) is 11.1 Å². The standard InChI is InChI=1S/C16H17NO2/c1-11-7-9-13(10-8-11)15(16(18)19)17-14-6-4-3-5-12(14)2/h3-10,15,17H,1-2H3,(H,18,19)/t15-/m1/s1. The third kappa shape index (κ3) is 3.13. The first kappa shape index (κ1) is 13.1. The van der Waals surface area contributed by atoms with Gasteiger partial charge in [0.25, 0.3) is 0 Å². The maximum atomic E-state index is 11.4. The summed E-state index contributed by atoms with van der Waals surface area (Å²) in [6.07, 6.45) is 0. The van der Waals surface area contributed by atoms with Crippen LogP contribution < -0.4 is 5.32 Å². The largest absolute Gasteiger partial charge is 0.479 e. The molecule has 19 heavy (non-hydrogen) atoms. The minimum absolute atomic E-state index is 0.735. The second kappa shape index (κ2) is 5.57. The Morgan fingerprint density at radius 3 is 2.26 bits per heavy atom. The number of aliphatic carboxylic acids is 1. The molecule has 0 radical (unpaired) electrons. The zero-order chi connectivity index (χ0) is 13.8. The van der Waals surface area contributed by atoms with Crippen molar-refractivity contribution < 1.29 is 9.90 Å². The number of carboxylic acid groups (broad SMARTS) is 1. The van der Waals surface area contributed by atoms with Crippen molar-refractivity contribution in [3.05, 3.63) is 65.2 Å². The molecule has 3 heteroatoms. The van der Waals surface area contributed by atoms with E-state index < -0.39 is 12.0 Å². The predicted octanol–water partition coefficient (Wildman–Crippen LogP) is 3.54. The number of hydrogen-bond acceptors (Lipinski definition) is 2. The molecule has 0 aliphatic carbocycles. The molecular formula is C16H17NO2. The third-order valence-corrected chi connectivity index (χ3v) is 3.10. The predicted molar refractivity (Wildman–Crippen MR) is 76.4 cm³/mol. The van der Waals surface area contributed by atoms with Gasteiger partial charge >= 0.3 is 5.97 Å². The first-order valence-electron chi connectivity index (χ1n) is 6.19. The van der Waals surface area contributed by atoms with E-state index in [4.69, 9.17) is 0 Å². The lowest BCUT2D eigenvalue weighted by Gasteiger charge is -2.17. The molecule has 0 unspecified atom stereocenters. The summed E-state index contributed by atoms with van der Waals surface area (Å²) < 4.78 is 0. The fourth-order valence-corrected chi connectivity index (χ4v) is 1.94. The third-order valence-electron chi connectivity index (χ3n) is 3.10. The number of para-hydroxylation sites is 1.